The Hall–Kier alpha value is -1.35. The van der Waals surface area contributed by atoms with Crippen molar-refractivity contribution >= 4 is 5.97 Å². The van der Waals surface area contributed by atoms with Gasteiger partial charge in [-0.15, -0.1) is 0 Å². The minimum absolute atomic E-state index is 0.201. The van der Waals surface area contributed by atoms with E-state index < -0.39 is 5.97 Å². The SMILES string of the molecule is Cc1ccc([C@@H]2CC[C@H](C(=O)O)N2)cc1. The average molecular weight is 205 g/mol. The fourth-order valence-electron chi connectivity index (χ4n) is 2.00. The van der Waals surface area contributed by atoms with E-state index in [1.165, 1.54) is 11.1 Å². The van der Waals surface area contributed by atoms with Crippen molar-refractivity contribution in [3.05, 3.63) is 35.4 Å². The van der Waals surface area contributed by atoms with Crippen molar-refractivity contribution in [3.8, 4) is 0 Å². The predicted octanol–water partition coefficient (Wildman–Crippen LogP) is 1.87. The van der Waals surface area contributed by atoms with Gasteiger partial charge in [0.25, 0.3) is 0 Å². The molecular weight excluding hydrogens is 190 g/mol. The number of carbonyl (C=O) groups is 1. The van der Waals surface area contributed by atoms with Crippen molar-refractivity contribution in [2.75, 3.05) is 0 Å². The highest BCUT2D eigenvalue weighted by molar-refractivity contribution is 5.73. The first-order valence-corrected chi connectivity index (χ1v) is 5.22. The van der Waals surface area contributed by atoms with Crippen LogP contribution in [0.2, 0.25) is 0 Å². The van der Waals surface area contributed by atoms with Gasteiger partial charge in [0, 0.05) is 6.04 Å². The van der Waals surface area contributed by atoms with Crippen LogP contribution in [0.3, 0.4) is 0 Å². The monoisotopic (exact) mass is 205 g/mol. The van der Waals surface area contributed by atoms with Gasteiger partial charge in [0.15, 0.2) is 0 Å². The molecule has 1 aliphatic rings. The molecule has 15 heavy (non-hydrogen) atoms. The maximum atomic E-state index is 10.8. The lowest BCUT2D eigenvalue weighted by Gasteiger charge is -2.12. The normalized spacial score (nSPS) is 25.4. The molecule has 0 unspecified atom stereocenters. The highest BCUT2D eigenvalue weighted by Gasteiger charge is 2.29. The third kappa shape index (κ3) is 2.18. The molecule has 0 aliphatic carbocycles. The number of nitrogens with one attached hydrogen (secondary N) is 1. The van der Waals surface area contributed by atoms with E-state index in [1.54, 1.807) is 0 Å². The minimum Gasteiger partial charge on any atom is -0.480 e. The van der Waals surface area contributed by atoms with Crippen LogP contribution in [-0.2, 0) is 4.79 Å². The Bertz CT molecular complexity index is 358. The van der Waals surface area contributed by atoms with Gasteiger partial charge in [0.1, 0.15) is 6.04 Å². The Kier molecular flexibility index (Phi) is 2.73. The maximum absolute atomic E-state index is 10.8. The van der Waals surface area contributed by atoms with Crippen LogP contribution in [0, 0.1) is 6.92 Å². The molecule has 0 spiro atoms. The van der Waals surface area contributed by atoms with Crippen LogP contribution in [0.4, 0.5) is 0 Å². The third-order valence-electron chi connectivity index (χ3n) is 2.92. The van der Waals surface area contributed by atoms with E-state index in [-0.39, 0.29) is 12.1 Å². The molecule has 1 aliphatic heterocycles. The number of carboxylic acids is 1. The minimum atomic E-state index is -0.746. The lowest BCUT2D eigenvalue weighted by molar-refractivity contribution is -0.139. The van der Waals surface area contributed by atoms with Gasteiger partial charge in [0.05, 0.1) is 0 Å². The number of benzene rings is 1. The summed E-state index contributed by atoms with van der Waals surface area (Å²) in [5.41, 5.74) is 2.41. The first kappa shape index (κ1) is 10.2. The summed E-state index contributed by atoms with van der Waals surface area (Å²) in [5.74, 6) is -0.746. The molecule has 2 rings (SSSR count). The highest BCUT2D eigenvalue weighted by atomic mass is 16.4. The average Bonchev–Trinajstić information content (AvgIpc) is 2.68. The topological polar surface area (TPSA) is 49.3 Å². The van der Waals surface area contributed by atoms with Crippen molar-refractivity contribution in [2.45, 2.75) is 31.8 Å². The first-order chi connectivity index (χ1) is 7.16. The van der Waals surface area contributed by atoms with Gasteiger partial charge < -0.3 is 5.11 Å². The molecule has 0 saturated carbocycles. The molecule has 0 bridgehead atoms. The second kappa shape index (κ2) is 4.03. The van der Waals surface area contributed by atoms with Crippen molar-refractivity contribution < 1.29 is 9.90 Å². The van der Waals surface area contributed by atoms with E-state index in [9.17, 15) is 4.79 Å². The van der Waals surface area contributed by atoms with Crippen LogP contribution < -0.4 is 5.32 Å². The van der Waals surface area contributed by atoms with Gasteiger partial charge >= 0.3 is 5.97 Å². The van der Waals surface area contributed by atoms with E-state index in [2.05, 4.69) is 29.6 Å². The molecule has 1 aromatic carbocycles. The van der Waals surface area contributed by atoms with Crippen LogP contribution in [0.1, 0.15) is 30.0 Å². The van der Waals surface area contributed by atoms with Gasteiger partial charge in [-0.3, -0.25) is 10.1 Å². The molecule has 0 aromatic heterocycles. The van der Waals surface area contributed by atoms with Gasteiger partial charge in [-0.1, -0.05) is 29.8 Å². The molecule has 1 fully saturated rings. The summed E-state index contributed by atoms with van der Waals surface area (Å²) in [4.78, 5) is 10.8. The van der Waals surface area contributed by atoms with E-state index >= 15 is 0 Å². The van der Waals surface area contributed by atoms with E-state index in [1.807, 2.05) is 6.92 Å². The van der Waals surface area contributed by atoms with Gasteiger partial charge in [-0.25, -0.2) is 0 Å². The molecule has 1 aromatic rings. The zero-order valence-corrected chi connectivity index (χ0v) is 8.73. The smallest absolute Gasteiger partial charge is 0.320 e. The zero-order valence-electron chi connectivity index (χ0n) is 8.73. The standard InChI is InChI=1S/C12H15NO2/c1-8-2-4-9(5-3-8)10-6-7-11(13-10)12(14)15/h2-5,10-11,13H,6-7H2,1H3,(H,14,15)/t10-,11+/m0/s1. The third-order valence-corrected chi connectivity index (χ3v) is 2.92. The van der Waals surface area contributed by atoms with Crippen molar-refractivity contribution in [3.63, 3.8) is 0 Å². The van der Waals surface area contributed by atoms with Gasteiger partial charge in [0.2, 0.25) is 0 Å². The summed E-state index contributed by atoms with van der Waals surface area (Å²) in [6, 6.07) is 8.08. The number of carboxylic acid groups (broad SMARTS) is 1. The van der Waals surface area contributed by atoms with Crippen molar-refractivity contribution in [1.29, 1.82) is 0 Å². The fourth-order valence-corrected chi connectivity index (χ4v) is 2.00. The number of aryl methyl sites for hydroxylation is 1. The summed E-state index contributed by atoms with van der Waals surface area (Å²) in [7, 11) is 0. The Balaban J connectivity index is 2.07. The summed E-state index contributed by atoms with van der Waals surface area (Å²) >= 11 is 0. The predicted molar refractivity (Wildman–Crippen MR) is 57.7 cm³/mol. The lowest BCUT2D eigenvalue weighted by Crippen LogP contribution is -2.31. The summed E-state index contributed by atoms with van der Waals surface area (Å²) in [6.07, 6.45) is 1.62. The molecule has 3 heteroatoms. The molecule has 3 nitrogen and oxygen atoms in total. The van der Waals surface area contributed by atoms with Crippen LogP contribution in [0.25, 0.3) is 0 Å². The Labute approximate surface area is 89.1 Å². The van der Waals surface area contributed by atoms with Gasteiger partial charge in [-0.2, -0.15) is 0 Å². The molecule has 1 saturated heterocycles. The quantitative estimate of drug-likeness (QED) is 0.775. The van der Waals surface area contributed by atoms with Crippen LogP contribution in [0.5, 0.6) is 0 Å². The largest absolute Gasteiger partial charge is 0.480 e. The Morgan fingerprint density at radius 3 is 2.53 bits per heavy atom. The second-order valence-corrected chi connectivity index (χ2v) is 4.10. The number of aliphatic carboxylic acids is 1. The van der Waals surface area contributed by atoms with E-state index in [0.29, 0.717) is 6.42 Å². The van der Waals surface area contributed by atoms with Gasteiger partial charge in [-0.05, 0) is 25.3 Å². The molecule has 80 valence electrons. The molecule has 2 atom stereocenters. The second-order valence-electron chi connectivity index (χ2n) is 4.10. The lowest BCUT2D eigenvalue weighted by atomic mass is 10.0. The Morgan fingerprint density at radius 2 is 2.00 bits per heavy atom. The van der Waals surface area contributed by atoms with Crippen molar-refractivity contribution in [1.82, 2.24) is 5.32 Å². The summed E-state index contributed by atoms with van der Waals surface area (Å²) in [6.45, 7) is 2.05. The molecular formula is C12H15NO2. The number of rotatable bonds is 2. The van der Waals surface area contributed by atoms with Crippen LogP contribution in [-0.4, -0.2) is 17.1 Å². The molecule has 0 radical (unpaired) electrons. The number of hydrogen-bond acceptors (Lipinski definition) is 2. The highest BCUT2D eigenvalue weighted by Crippen LogP contribution is 2.26. The van der Waals surface area contributed by atoms with Crippen molar-refractivity contribution in [2.24, 2.45) is 0 Å². The maximum Gasteiger partial charge on any atom is 0.320 e. The fraction of sp³-hybridized carbons (Fsp3) is 0.417. The molecule has 0 amide bonds. The van der Waals surface area contributed by atoms with E-state index in [4.69, 9.17) is 5.11 Å². The van der Waals surface area contributed by atoms with Crippen LogP contribution >= 0.6 is 0 Å². The molecule has 2 N–H and O–H groups in total. The number of hydrogen-bond donors (Lipinski definition) is 2. The molecule has 1 heterocycles. The first-order valence-electron chi connectivity index (χ1n) is 5.22. The summed E-state index contributed by atoms with van der Waals surface area (Å²) in [5, 5.41) is 12.0. The Morgan fingerprint density at radius 1 is 1.33 bits per heavy atom. The van der Waals surface area contributed by atoms with E-state index in [0.717, 1.165) is 6.42 Å². The zero-order chi connectivity index (χ0) is 10.8. The van der Waals surface area contributed by atoms with Crippen LogP contribution in [0.15, 0.2) is 24.3 Å². The summed E-state index contributed by atoms with van der Waals surface area (Å²) < 4.78 is 0.